The molecule has 1 aliphatic heterocycles. The van der Waals surface area contributed by atoms with Crippen LogP contribution in [-0.2, 0) is 11.2 Å². The molecule has 4 rings (SSSR count). The second kappa shape index (κ2) is 10.2. The summed E-state index contributed by atoms with van der Waals surface area (Å²) in [5.41, 5.74) is 3.71. The van der Waals surface area contributed by atoms with E-state index in [9.17, 15) is 9.59 Å². The first kappa shape index (κ1) is 22.4. The van der Waals surface area contributed by atoms with Crippen molar-refractivity contribution in [1.82, 2.24) is 10.2 Å². The number of hydrogen-bond donors (Lipinski definition) is 1. The van der Waals surface area contributed by atoms with Gasteiger partial charge in [0.25, 0.3) is 5.91 Å². The monoisotopic (exact) mass is 444 g/mol. The summed E-state index contributed by atoms with van der Waals surface area (Å²) in [5, 5.41) is 2.95. The van der Waals surface area contributed by atoms with Gasteiger partial charge < -0.3 is 19.7 Å². The lowest BCUT2D eigenvalue weighted by molar-refractivity contribution is -0.124. The summed E-state index contributed by atoms with van der Waals surface area (Å²) in [4.78, 5) is 27.9. The van der Waals surface area contributed by atoms with Gasteiger partial charge in [-0.2, -0.15) is 0 Å². The molecule has 6 heteroatoms. The Balaban J connectivity index is 1.53. The number of methoxy groups -OCH3 is 2. The fourth-order valence-corrected chi connectivity index (χ4v) is 4.21. The Bertz CT molecular complexity index is 1090. The number of amides is 2. The van der Waals surface area contributed by atoms with Crippen molar-refractivity contribution in [3.05, 3.63) is 83.9 Å². The van der Waals surface area contributed by atoms with Crippen LogP contribution < -0.4 is 14.8 Å². The van der Waals surface area contributed by atoms with E-state index >= 15 is 0 Å². The number of rotatable bonds is 6. The van der Waals surface area contributed by atoms with Crippen molar-refractivity contribution in [3.63, 3.8) is 0 Å². The van der Waals surface area contributed by atoms with Crippen LogP contribution in [0.1, 0.15) is 15.9 Å². The Kier molecular flexibility index (Phi) is 6.93. The number of ether oxygens (including phenoxy) is 2. The van der Waals surface area contributed by atoms with Crippen molar-refractivity contribution in [2.24, 2.45) is 5.92 Å². The molecule has 170 valence electrons. The second-order valence-electron chi connectivity index (χ2n) is 8.04. The van der Waals surface area contributed by atoms with E-state index in [-0.39, 0.29) is 17.7 Å². The van der Waals surface area contributed by atoms with E-state index in [2.05, 4.69) is 41.7 Å². The van der Waals surface area contributed by atoms with E-state index in [1.165, 1.54) is 14.2 Å². The van der Waals surface area contributed by atoms with Crippen molar-refractivity contribution in [3.8, 4) is 22.6 Å². The zero-order valence-electron chi connectivity index (χ0n) is 18.9. The predicted octanol–water partition coefficient (Wildman–Crippen LogP) is 3.80. The molecule has 1 N–H and O–H groups in total. The van der Waals surface area contributed by atoms with E-state index in [4.69, 9.17) is 9.47 Å². The van der Waals surface area contributed by atoms with E-state index in [1.54, 1.807) is 23.1 Å². The zero-order valence-corrected chi connectivity index (χ0v) is 18.9. The number of nitrogens with one attached hydrogen (secondary N) is 1. The highest BCUT2D eigenvalue weighted by atomic mass is 16.5. The molecule has 2 amide bonds. The molecule has 0 bridgehead atoms. The van der Waals surface area contributed by atoms with Gasteiger partial charge in [-0.1, -0.05) is 60.7 Å². The van der Waals surface area contributed by atoms with E-state index < -0.39 is 0 Å². The molecule has 1 saturated heterocycles. The number of carbonyl (C=O) groups excluding carboxylic acids is 2. The van der Waals surface area contributed by atoms with Crippen LogP contribution in [0.15, 0.2) is 72.8 Å². The third-order valence-electron chi connectivity index (χ3n) is 5.96. The lowest BCUT2D eigenvalue weighted by atomic mass is 9.96. The van der Waals surface area contributed by atoms with Gasteiger partial charge in [0, 0.05) is 19.6 Å². The Morgan fingerprint density at radius 1 is 0.909 bits per heavy atom. The molecule has 1 aliphatic rings. The average molecular weight is 445 g/mol. The Hall–Kier alpha value is -3.80. The molecule has 1 atom stereocenters. The normalized spacial score (nSPS) is 16.0. The van der Waals surface area contributed by atoms with Gasteiger partial charge in [-0.25, -0.2) is 0 Å². The van der Waals surface area contributed by atoms with Gasteiger partial charge >= 0.3 is 0 Å². The predicted molar refractivity (Wildman–Crippen MR) is 128 cm³/mol. The lowest BCUT2D eigenvalue weighted by Crippen LogP contribution is -2.37. The second-order valence-corrected chi connectivity index (χ2v) is 8.04. The third-order valence-corrected chi connectivity index (χ3v) is 5.96. The van der Waals surface area contributed by atoms with Crippen LogP contribution >= 0.6 is 0 Å². The Labute approximate surface area is 194 Å². The molecule has 33 heavy (non-hydrogen) atoms. The number of benzene rings is 3. The first-order valence-corrected chi connectivity index (χ1v) is 11.0. The van der Waals surface area contributed by atoms with Crippen molar-refractivity contribution >= 4 is 11.8 Å². The van der Waals surface area contributed by atoms with Gasteiger partial charge in [-0.05, 0) is 35.2 Å². The van der Waals surface area contributed by atoms with Gasteiger partial charge in [-0.3, -0.25) is 9.59 Å². The minimum absolute atomic E-state index is 0.0376. The standard InChI is InChI=1S/C27H28N2O4/c1-32-23-9-6-10-24(33-2)25(23)27(31)29-16-15-28-26(30)22(18-29)17-19-11-13-21(14-12-19)20-7-4-3-5-8-20/h3-14,22H,15-18H2,1-2H3,(H,28,30)/t22-/m1/s1. The van der Waals surface area contributed by atoms with Gasteiger partial charge in [0.15, 0.2) is 0 Å². The maximum absolute atomic E-state index is 13.4. The number of hydrogen-bond acceptors (Lipinski definition) is 4. The van der Waals surface area contributed by atoms with E-state index in [0.717, 1.165) is 16.7 Å². The van der Waals surface area contributed by atoms with Crippen molar-refractivity contribution in [2.45, 2.75) is 6.42 Å². The van der Waals surface area contributed by atoms with Crippen LogP contribution in [0.25, 0.3) is 11.1 Å². The highest BCUT2D eigenvalue weighted by molar-refractivity contribution is 6.00. The molecular formula is C27H28N2O4. The van der Waals surface area contributed by atoms with Crippen LogP contribution in [0, 0.1) is 5.92 Å². The molecule has 0 aliphatic carbocycles. The zero-order chi connectivity index (χ0) is 23.2. The number of carbonyl (C=O) groups is 2. The van der Waals surface area contributed by atoms with Crippen LogP contribution in [0.5, 0.6) is 11.5 Å². The maximum atomic E-state index is 13.4. The largest absolute Gasteiger partial charge is 0.496 e. The summed E-state index contributed by atoms with van der Waals surface area (Å²) in [5.74, 6) is 0.321. The summed E-state index contributed by atoms with van der Waals surface area (Å²) in [7, 11) is 3.06. The van der Waals surface area contributed by atoms with Gasteiger partial charge in [0.05, 0.1) is 20.1 Å². The molecule has 3 aromatic carbocycles. The molecule has 1 fully saturated rings. The highest BCUT2D eigenvalue weighted by Gasteiger charge is 2.31. The van der Waals surface area contributed by atoms with Crippen molar-refractivity contribution < 1.29 is 19.1 Å². The first-order valence-electron chi connectivity index (χ1n) is 11.0. The molecule has 0 radical (unpaired) electrons. The minimum Gasteiger partial charge on any atom is -0.496 e. The summed E-state index contributed by atoms with van der Waals surface area (Å²) >= 11 is 0. The van der Waals surface area contributed by atoms with E-state index in [0.29, 0.717) is 43.1 Å². The topological polar surface area (TPSA) is 67.9 Å². The summed E-state index contributed by atoms with van der Waals surface area (Å²) in [6, 6.07) is 23.7. The average Bonchev–Trinajstić information content (AvgIpc) is 3.05. The number of nitrogens with zero attached hydrogens (tertiary/aromatic N) is 1. The summed E-state index contributed by atoms with van der Waals surface area (Å²) in [6.45, 7) is 1.16. The molecule has 0 unspecified atom stereocenters. The van der Waals surface area contributed by atoms with E-state index in [1.807, 2.05) is 18.2 Å². The molecule has 0 spiro atoms. The quantitative estimate of drug-likeness (QED) is 0.628. The maximum Gasteiger partial charge on any atom is 0.261 e. The summed E-state index contributed by atoms with van der Waals surface area (Å²) in [6.07, 6.45) is 0.549. The Morgan fingerprint density at radius 3 is 2.18 bits per heavy atom. The lowest BCUT2D eigenvalue weighted by Gasteiger charge is -2.25. The molecule has 6 nitrogen and oxygen atoms in total. The summed E-state index contributed by atoms with van der Waals surface area (Å²) < 4.78 is 10.8. The molecule has 1 heterocycles. The third kappa shape index (κ3) is 5.00. The van der Waals surface area contributed by atoms with Gasteiger partial charge in [0.2, 0.25) is 5.91 Å². The van der Waals surface area contributed by atoms with Gasteiger partial charge in [0.1, 0.15) is 17.1 Å². The SMILES string of the molecule is COc1cccc(OC)c1C(=O)N1CCNC(=O)[C@H](Cc2ccc(-c3ccccc3)cc2)C1. The Morgan fingerprint density at radius 2 is 1.55 bits per heavy atom. The highest BCUT2D eigenvalue weighted by Crippen LogP contribution is 2.30. The molecule has 0 saturated carbocycles. The molecule has 3 aromatic rings. The fraction of sp³-hybridized carbons (Fsp3) is 0.259. The molecular weight excluding hydrogens is 416 g/mol. The molecule has 0 aromatic heterocycles. The van der Waals surface area contributed by atoms with Gasteiger partial charge in [-0.15, -0.1) is 0 Å². The fourth-order valence-electron chi connectivity index (χ4n) is 4.21. The van der Waals surface area contributed by atoms with Crippen LogP contribution in [0.2, 0.25) is 0 Å². The van der Waals surface area contributed by atoms with Crippen molar-refractivity contribution in [2.75, 3.05) is 33.9 Å². The minimum atomic E-state index is -0.347. The van der Waals surface area contributed by atoms with Crippen LogP contribution in [0.4, 0.5) is 0 Å². The van der Waals surface area contributed by atoms with Crippen molar-refractivity contribution in [1.29, 1.82) is 0 Å². The van der Waals surface area contributed by atoms with Crippen LogP contribution in [-0.4, -0.2) is 50.6 Å². The first-order chi connectivity index (χ1) is 16.1. The smallest absolute Gasteiger partial charge is 0.261 e. The van der Waals surface area contributed by atoms with Crippen LogP contribution in [0.3, 0.4) is 0 Å².